The molecule has 1 N–H and O–H groups in total. The third-order valence-corrected chi connectivity index (χ3v) is 6.01. The maximum absolute atomic E-state index is 10.2. The van der Waals surface area contributed by atoms with Crippen molar-refractivity contribution in [1.29, 1.82) is 0 Å². The molecular weight excluding hydrogens is 300 g/mol. The van der Waals surface area contributed by atoms with Gasteiger partial charge < -0.3 is 14.6 Å². The number of hydrogen-bond donors (Lipinski definition) is 1. The smallest absolute Gasteiger partial charge is 0.180 e. The first-order valence-electron chi connectivity index (χ1n) is 9.02. The molecule has 1 heterocycles. The van der Waals surface area contributed by atoms with Gasteiger partial charge in [0.2, 0.25) is 0 Å². The highest BCUT2D eigenvalue weighted by Crippen LogP contribution is 2.50. The number of allylic oxidation sites excluding steroid dienone is 2. The zero-order valence-electron chi connectivity index (χ0n) is 16.0. The van der Waals surface area contributed by atoms with Crippen LogP contribution >= 0.6 is 0 Å². The number of methoxy groups -OCH3 is 1. The normalized spacial score (nSPS) is 37.7. The number of aliphatic hydroxyl groups is 1. The second kappa shape index (κ2) is 7.15. The zero-order chi connectivity index (χ0) is 18.1. The monoisotopic (exact) mass is 334 g/mol. The van der Waals surface area contributed by atoms with Crippen LogP contribution in [0.1, 0.15) is 53.4 Å². The second-order valence-electron chi connectivity index (χ2n) is 8.37. The van der Waals surface area contributed by atoms with E-state index in [1.54, 1.807) is 21.0 Å². The summed E-state index contributed by atoms with van der Waals surface area (Å²) in [5, 5.41) is 10.2. The molecule has 0 aromatic carbocycles. The molecular formula is C21H34O3. The Bertz CT molecular complexity index is 514. The number of hydrogen-bond acceptors (Lipinski definition) is 3. The minimum absolute atomic E-state index is 0.122. The number of ether oxygens (including phenoxy) is 2. The van der Waals surface area contributed by atoms with Crippen LogP contribution in [-0.2, 0) is 9.47 Å². The van der Waals surface area contributed by atoms with E-state index in [2.05, 4.69) is 39.2 Å². The van der Waals surface area contributed by atoms with E-state index >= 15 is 0 Å². The summed E-state index contributed by atoms with van der Waals surface area (Å²) in [7, 11) is 1.68. The molecule has 2 rings (SSSR count). The SMILES string of the molecule is C=CC1(C)CCC(C2=CCC(C(C)(C)O)OC2OC)CC1C(=C)C. The Hall–Kier alpha value is -0.900. The van der Waals surface area contributed by atoms with E-state index in [1.165, 1.54) is 11.1 Å². The summed E-state index contributed by atoms with van der Waals surface area (Å²) in [4.78, 5) is 0. The van der Waals surface area contributed by atoms with Gasteiger partial charge in [-0.1, -0.05) is 31.2 Å². The van der Waals surface area contributed by atoms with Crippen LogP contribution in [0.25, 0.3) is 0 Å². The van der Waals surface area contributed by atoms with E-state index in [4.69, 9.17) is 9.47 Å². The fraction of sp³-hybridized carbons (Fsp3) is 0.714. The first kappa shape index (κ1) is 19.4. The van der Waals surface area contributed by atoms with Crippen molar-refractivity contribution in [3.05, 3.63) is 36.5 Å². The molecule has 1 fully saturated rings. The van der Waals surface area contributed by atoms with Gasteiger partial charge >= 0.3 is 0 Å². The van der Waals surface area contributed by atoms with E-state index in [-0.39, 0.29) is 17.8 Å². The Morgan fingerprint density at radius 1 is 1.50 bits per heavy atom. The third kappa shape index (κ3) is 3.84. The Balaban J connectivity index is 2.20. The van der Waals surface area contributed by atoms with Crippen LogP contribution in [0.3, 0.4) is 0 Å². The molecule has 0 amide bonds. The molecule has 0 aromatic heterocycles. The summed E-state index contributed by atoms with van der Waals surface area (Å²) >= 11 is 0. The molecule has 0 bridgehead atoms. The maximum atomic E-state index is 10.2. The predicted molar refractivity (Wildman–Crippen MR) is 98.6 cm³/mol. The lowest BCUT2D eigenvalue weighted by atomic mass is 9.61. The molecule has 0 saturated heterocycles. The molecule has 5 unspecified atom stereocenters. The Labute approximate surface area is 147 Å². The van der Waals surface area contributed by atoms with Gasteiger partial charge in [0.05, 0.1) is 11.7 Å². The topological polar surface area (TPSA) is 38.7 Å². The molecule has 0 aromatic rings. The molecule has 3 heteroatoms. The Kier molecular flexibility index (Phi) is 5.79. The molecule has 136 valence electrons. The molecule has 1 aliphatic carbocycles. The molecule has 24 heavy (non-hydrogen) atoms. The van der Waals surface area contributed by atoms with Gasteiger partial charge in [0.1, 0.15) is 0 Å². The van der Waals surface area contributed by atoms with Gasteiger partial charge in [-0.25, -0.2) is 0 Å². The quantitative estimate of drug-likeness (QED) is 0.745. The highest BCUT2D eigenvalue weighted by atomic mass is 16.7. The summed E-state index contributed by atoms with van der Waals surface area (Å²) in [5.74, 6) is 0.867. The van der Waals surface area contributed by atoms with E-state index in [1.807, 2.05) is 0 Å². The van der Waals surface area contributed by atoms with E-state index < -0.39 is 5.60 Å². The summed E-state index contributed by atoms with van der Waals surface area (Å²) < 4.78 is 11.7. The minimum Gasteiger partial charge on any atom is -0.388 e. The Morgan fingerprint density at radius 2 is 2.17 bits per heavy atom. The highest BCUT2D eigenvalue weighted by Gasteiger charge is 2.42. The Morgan fingerprint density at radius 3 is 2.67 bits per heavy atom. The van der Waals surface area contributed by atoms with Crippen molar-refractivity contribution >= 4 is 0 Å². The second-order valence-corrected chi connectivity index (χ2v) is 8.37. The van der Waals surface area contributed by atoms with Crippen molar-refractivity contribution in [3.63, 3.8) is 0 Å². The average Bonchev–Trinajstić information content (AvgIpc) is 2.53. The molecule has 1 aliphatic heterocycles. The summed E-state index contributed by atoms with van der Waals surface area (Å²) in [6.07, 6.45) is 7.73. The van der Waals surface area contributed by atoms with Crippen LogP contribution < -0.4 is 0 Å². The summed E-state index contributed by atoms with van der Waals surface area (Å²) in [5.41, 5.74) is 1.71. The predicted octanol–water partition coefficient (Wildman–Crippen LogP) is 4.63. The van der Waals surface area contributed by atoms with E-state index in [0.717, 1.165) is 25.7 Å². The summed E-state index contributed by atoms with van der Waals surface area (Å²) in [6.45, 7) is 16.3. The van der Waals surface area contributed by atoms with Crippen LogP contribution in [0.2, 0.25) is 0 Å². The van der Waals surface area contributed by atoms with Gasteiger partial charge in [-0.2, -0.15) is 0 Å². The largest absolute Gasteiger partial charge is 0.388 e. The average molecular weight is 335 g/mol. The van der Waals surface area contributed by atoms with Crippen LogP contribution in [0.15, 0.2) is 36.5 Å². The molecule has 3 nitrogen and oxygen atoms in total. The van der Waals surface area contributed by atoms with E-state index in [0.29, 0.717) is 11.8 Å². The third-order valence-electron chi connectivity index (χ3n) is 6.01. The van der Waals surface area contributed by atoms with Gasteiger partial charge in [0.25, 0.3) is 0 Å². The molecule has 0 spiro atoms. The van der Waals surface area contributed by atoms with Gasteiger partial charge in [0.15, 0.2) is 6.29 Å². The van der Waals surface area contributed by atoms with Crippen molar-refractivity contribution in [1.82, 2.24) is 0 Å². The molecule has 1 saturated carbocycles. The molecule has 0 radical (unpaired) electrons. The standard InChI is InChI=1S/C21H34O3/c1-8-21(6)12-11-15(13-17(21)14(2)3)16-9-10-18(20(4,5)22)24-19(16)23-7/h8-9,15,17-19,22H,1-2,10-13H2,3-7H3. The van der Waals surface area contributed by atoms with Crippen molar-refractivity contribution in [3.8, 4) is 0 Å². The first-order valence-corrected chi connectivity index (χ1v) is 9.02. The lowest BCUT2D eigenvalue weighted by molar-refractivity contribution is -0.192. The fourth-order valence-electron chi connectivity index (χ4n) is 4.27. The van der Waals surface area contributed by atoms with Crippen LogP contribution in [0.4, 0.5) is 0 Å². The van der Waals surface area contributed by atoms with Crippen molar-refractivity contribution in [2.75, 3.05) is 7.11 Å². The van der Waals surface area contributed by atoms with Gasteiger partial charge in [-0.05, 0) is 69.3 Å². The van der Waals surface area contributed by atoms with Gasteiger partial charge in [0, 0.05) is 7.11 Å². The maximum Gasteiger partial charge on any atom is 0.180 e. The summed E-state index contributed by atoms with van der Waals surface area (Å²) in [6, 6.07) is 0. The zero-order valence-corrected chi connectivity index (χ0v) is 16.0. The van der Waals surface area contributed by atoms with Gasteiger partial charge in [-0.3, -0.25) is 0 Å². The van der Waals surface area contributed by atoms with Crippen LogP contribution in [0, 0.1) is 17.3 Å². The molecule has 2 aliphatic rings. The van der Waals surface area contributed by atoms with Crippen LogP contribution in [-0.4, -0.2) is 30.2 Å². The van der Waals surface area contributed by atoms with E-state index in [9.17, 15) is 5.11 Å². The fourth-order valence-corrected chi connectivity index (χ4v) is 4.27. The molecule has 5 atom stereocenters. The lowest BCUT2D eigenvalue weighted by Crippen LogP contribution is -2.45. The van der Waals surface area contributed by atoms with Crippen molar-refractivity contribution in [2.45, 2.75) is 71.4 Å². The van der Waals surface area contributed by atoms with Gasteiger partial charge in [-0.15, -0.1) is 6.58 Å². The first-order chi connectivity index (χ1) is 11.1. The van der Waals surface area contributed by atoms with Crippen LogP contribution in [0.5, 0.6) is 0 Å². The minimum atomic E-state index is -0.868. The number of rotatable bonds is 5. The van der Waals surface area contributed by atoms with Crippen molar-refractivity contribution < 1.29 is 14.6 Å². The lowest BCUT2D eigenvalue weighted by Gasteiger charge is -2.46. The highest BCUT2D eigenvalue weighted by molar-refractivity contribution is 5.20. The van der Waals surface area contributed by atoms with Crippen molar-refractivity contribution in [2.24, 2.45) is 17.3 Å².